The van der Waals surface area contributed by atoms with Crippen LogP contribution < -0.4 is 9.47 Å². The Morgan fingerprint density at radius 1 is 1.04 bits per heavy atom. The highest BCUT2D eigenvalue weighted by molar-refractivity contribution is 9.28. The lowest BCUT2D eigenvalue weighted by molar-refractivity contribution is 0.307. The first kappa shape index (κ1) is 21.0. The van der Waals surface area contributed by atoms with Gasteiger partial charge in [-0.25, -0.2) is 0 Å². The maximum absolute atomic E-state index is 6.12. The molecule has 0 N–H and O–H groups in total. The van der Waals surface area contributed by atoms with Gasteiger partial charge in [0.2, 0.25) is 0 Å². The summed E-state index contributed by atoms with van der Waals surface area (Å²) in [5.74, 6) is 2.69. The highest BCUT2D eigenvalue weighted by atomic mass is 79.9. The van der Waals surface area contributed by atoms with E-state index in [0.29, 0.717) is 18.4 Å². The number of benzene rings is 1. The fourth-order valence-corrected chi connectivity index (χ4v) is 2.68. The van der Waals surface area contributed by atoms with Crippen molar-refractivity contribution in [1.82, 2.24) is 0 Å². The molecular weight excluding hydrogens is 488 g/mol. The molecule has 0 aliphatic heterocycles. The van der Waals surface area contributed by atoms with Gasteiger partial charge in [-0.05, 0) is 68.3 Å². The Morgan fingerprint density at radius 2 is 1.61 bits per heavy atom. The summed E-state index contributed by atoms with van der Waals surface area (Å²) in [4.78, 5) is 0. The van der Waals surface area contributed by atoms with Crippen molar-refractivity contribution in [2.24, 2.45) is 0 Å². The molecule has 23 heavy (non-hydrogen) atoms. The van der Waals surface area contributed by atoms with Crippen LogP contribution in [0.15, 0.2) is 21.6 Å². The van der Waals surface area contributed by atoms with E-state index in [9.17, 15) is 0 Å². The molecule has 2 nitrogen and oxygen atoms in total. The minimum atomic E-state index is 0.383. The minimum Gasteiger partial charge on any atom is -0.493 e. The Bertz CT molecular complexity index is 492. The van der Waals surface area contributed by atoms with Crippen LogP contribution in [0.25, 0.3) is 0 Å². The fourth-order valence-electron chi connectivity index (χ4n) is 2.18. The molecule has 0 saturated heterocycles. The van der Waals surface area contributed by atoms with Gasteiger partial charge in [0, 0.05) is 16.5 Å². The molecule has 0 heterocycles. The van der Waals surface area contributed by atoms with Gasteiger partial charge in [0.15, 0.2) is 0 Å². The molecule has 0 amide bonds. The zero-order chi connectivity index (χ0) is 17.4. The number of ether oxygens (including phenoxy) is 2. The molecule has 0 aromatic heterocycles. The van der Waals surface area contributed by atoms with Gasteiger partial charge in [0.1, 0.15) is 18.1 Å². The van der Waals surface area contributed by atoms with Crippen LogP contribution in [0.2, 0.25) is 0 Å². The van der Waals surface area contributed by atoms with Crippen molar-refractivity contribution in [2.45, 2.75) is 46.0 Å². The Balaban J connectivity index is 3.14. The SMILES string of the molecule is CC(C)c1cc(OCC=C(Br)Br)cc(C(C)C)c1OCCCBr. The van der Waals surface area contributed by atoms with Gasteiger partial charge in [-0.15, -0.1) is 0 Å². The minimum absolute atomic E-state index is 0.383. The van der Waals surface area contributed by atoms with E-state index in [1.54, 1.807) is 0 Å². The average Bonchev–Trinajstić information content (AvgIpc) is 2.47. The second kappa shape index (κ2) is 10.8. The van der Waals surface area contributed by atoms with Gasteiger partial charge in [-0.3, -0.25) is 0 Å². The van der Waals surface area contributed by atoms with Crippen molar-refractivity contribution in [3.05, 3.63) is 32.7 Å². The van der Waals surface area contributed by atoms with Crippen LogP contribution in [0.4, 0.5) is 0 Å². The molecule has 0 spiro atoms. The maximum atomic E-state index is 6.12. The topological polar surface area (TPSA) is 18.5 Å². The summed E-state index contributed by atoms with van der Waals surface area (Å²) in [6.07, 6.45) is 2.93. The molecule has 0 atom stereocenters. The second-order valence-corrected chi connectivity index (χ2v) is 9.50. The van der Waals surface area contributed by atoms with Gasteiger partial charge in [0.25, 0.3) is 0 Å². The van der Waals surface area contributed by atoms with Gasteiger partial charge in [-0.2, -0.15) is 0 Å². The van der Waals surface area contributed by atoms with Crippen molar-refractivity contribution in [2.75, 3.05) is 18.5 Å². The number of rotatable bonds is 9. The Kier molecular flexibility index (Phi) is 9.86. The van der Waals surface area contributed by atoms with Gasteiger partial charge >= 0.3 is 0 Å². The van der Waals surface area contributed by atoms with E-state index in [1.165, 1.54) is 11.1 Å². The zero-order valence-electron chi connectivity index (χ0n) is 14.2. The Morgan fingerprint density at radius 3 is 2.04 bits per heavy atom. The van der Waals surface area contributed by atoms with Crippen LogP contribution >= 0.6 is 47.8 Å². The molecule has 1 rings (SSSR count). The summed E-state index contributed by atoms with van der Waals surface area (Å²) in [5.41, 5.74) is 2.42. The second-order valence-electron chi connectivity index (χ2n) is 5.94. The van der Waals surface area contributed by atoms with Crippen molar-refractivity contribution in [3.63, 3.8) is 0 Å². The van der Waals surface area contributed by atoms with E-state index in [1.807, 2.05) is 6.08 Å². The number of hydrogen-bond acceptors (Lipinski definition) is 2. The smallest absolute Gasteiger partial charge is 0.126 e. The maximum Gasteiger partial charge on any atom is 0.126 e. The van der Waals surface area contributed by atoms with Gasteiger partial charge in [-0.1, -0.05) is 43.6 Å². The summed E-state index contributed by atoms with van der Waals surface area (Å²) in [6, 6.07) is 4.21. The van der Waals surface area contributed by atoms with E-state index >= 15 is 0 Å². The van der Waals surface area contributed by atoms with E-state index in [0.717, 1.165) is 33.2 Å². The van der Waals surface area contributed by atoms with Crippen LogP contribution in [0, 0.1) is 0 Å². The fraction of sp³-hybridized carbons (Fsp3) is 0.556. The van der Waals surface area contributed by atoms with Crippen molar-refractivity contribution in [1.29, 1.82) is 0 Å². The third-order valence-corrected chi connectivity index (χ3v) is 4.58. The molecule has 130 valence electrons. The van der Waals surface area contributed by atoms with E-state index in [-0.39, 0.29) is 0 Å². The largest absolute Gasteiger partial charge is 0.493 e. The van der Waals surface area contributed by atoms with Crippen molar-refractivity contribution in [3.8, 4) is 11.5 Å². The van der Waals surface area contributed by atoms with Gasteiger partial charge in [0.05, 0.1) is 10.00 Å². The lowest BCUT2D eigenvalue weighted by atomic mass is 9.93. The molecule has 0 saturated carbocycles. The van der Waals surface area contributed by atoms with E-state index in [4.69, 9.17) is 9.47 Å². The van der Waals surface area contributed by atoms with E-state index < -0.39 is 0 Å². The lowest BCUT2D eigenvalue weighted by Crippen LogP contribution is -2.07. The summed E-state index contributed by atoms with van der Waals surface area (Å²) in [7, 11) is 0. The summed E-state index contributed by atoms with van der Waals surface area (Å²) in [5, 5.41) is 0.954. The van der Waals surface area contributed by atoms with Crippen molar-refractivity contribution >= 4 is 47.8 Å². The molecular formula is C18H25Br3O2. The lowest BCUT2D eigenvalue weighted by Gasteiger charge is -2.21. The predicted molar refractivity (Wildman–Crippen MR) is 110 cm³/mol. The molecule has 0 radical (unpaired) electrons. The molecule has 0 aliphatic rings. The van der Waals surface area contributed by atoms with Crippen LogP contribution in [0.1, 0.15) is 57.1 Å². The zero-order valence-corrected chi connectivity index (χ0v) is 18.9. The first-order valence-electron chi connectivity index (χ1n) is 7.87. The number of halogens is 3. The summed E-state index contributed by atoms with van der Waals surface area (Å²) < 4.78 is 12.9. The van der Waals surface area contributed by atoms with Crippen LogP contribution in [-0.2, 0) is 0 Å². The molecule has 0 fully saturated rings. The number of hydrogen-bond donors (Lipinski definition) is 0. The van der Waals surface area contributed by atoms with E-state index in [2.05, 4.69) is 87.6 Å². The van der Waals surface area contributed by atoms with Gasteiger partial charge < -0.3 is 9.47 Å². The monoisotopic (exact) mass is 510 g/mol. The first-order valence-corrected chi connectivity index (χ1v) is 10.6. The molecule has 5 heteroatoms. The molecule has 1 aromatic carbocycles. The molecule has 0 bridgehead atoms. The number of alkyl halides is 1. The molecule has 0 aliphatic carbocycles. The normalized spacial score (nSPS) is 11.0. The Labute approximate surface area is 165 Å². The highest BCUT2D eigenvalue weighted by Crippen LogP contribution is 2.38. The summed E-state index contributed by atoms with van der Waals surface area (Å²) in [6.45, 7) is 10.0. The predicted octanol–water partition coefficient (Wildman–Crippen LogP) is 7.11. The average molecular weight is 513 g/mol. The van der Waals surface area contributed by atoms with Crippen molar-refractivity contribution < 1.29 is 9.47 Å². The first-order chi connectivity index (χ1) is 10.9. The highest BCUT2D eigenvalue weighted by Gasteiger charge is 2.18. The summed E-state index contributed by atoms with van der Waals surface area (Å²) >= 11 is 10.1. The third-order valence-electron chi connectivity index (χ3n) is 3.38. The Hall–Kier alpha value is -0.000000000000000167. The quantitative estimate of drug-likeness (QED) is 0.259. The molecule has 1 aromatic rings. The van der Waals surface area contributed by atoms with Crippen LogP contribution in [0.3, 0.4) is 0 Å². The van der Waals surface area contributed by atoms with Crippen LogP contribution in [0.5, 0.6) is 11.5 Å². The standard InChI is InChI=1S/C18H25Br3O2/c1-12(2)15-10-14(22-9-6-17(20)21)11-16(13(3)4)18(15)23-8-5-7-19/h6,10-13H,5,7-9H2,1-4H3. The third kappa shape index (κ3) is 7.18. The molecule has 0 unspecified atom stereocenters. The van der Waals surface area contributed by atoms with Crippen LogP contribution in [-0.4, -0.2) is 18.5 Å².